The van der Waals surface area contributed by atoms with Crippen LogP contribution in [0.5, 0.6) is 0 Å². The maximum absolute atomic E-state index is 13.1. The van der Waals surface area contributed by atoms with Crippen LogP contribution in [0.2, 0.25) is 0 Å². The van der Waals surface area contributed by atoms with E-state index in [0.29, 0.717) is 5.56 Å². The zero-order chi connectivity index (χ0) is 25.3. The zero-order valence-electron chi connectivity index (χ0n) is 18.3. The van der Waals surface area contributed by atoms with Crippen molar-refractivity contribution in [1.82, 2.24) is 10.3 Å². The van der Waals surface area contributed by atoms with Gasteiger partial charge in [-0.3, -0.25) is 15.0 Å². The molecule has 0 saturated heterocycles. The molecule has 2 N–H and O–H groups in total. The Balaban J connectivity index is 2.12. The highest BCUT2D eigenvalue weighted by Crippen LogP contribution is 2.45. The highest BCUT2D eigenvalue weighted by Gasteiger charge is 2.44. The van der Waals surface area contributed by atoms with Crippen LogP contribution in [0.4, 0.5) is 11.4 Å². The van der Waals surface area contributed by atoms with Crippen molar-refractivity contribution in [2.45, 2.75) is 5.92 Å². The number of carbonyl (C=O) groups excluding carboxylic acids is 2. The highest BCUT2D eigenvalue weighted by atomic mass is 16.6. The number of fused-ring (bicyclic) bond motifs is 1. The minimum Gasteiger partial charge on any atom is -0.466 e. The number of carbonyl (C=O) groups is 2. The molecule has 3 aromatic rings. The molecule has 4 rings (SSSR count). The van der Waals surface area contributed by atoms with Gasteiger partial charge in [-0.05, 0) is 21.9 Å². The molecule has 13 nitrogen and oxygen atoms in total. The Kier molecular flexibility index (Phi) is 5.86. The van der Waals surface area contributed by atoms with Crippen LogP contribution in [0.3, 0.4) is 0 Å². The lowest BCUT2D eigenvalue weighted by Crippen LogP contribution is -2.40. The maximum Gasteiger partial charge on any atom is 0.355 e. The molecule has 2 aromatic carbocycles. The first-order chi connectivity index (χ1) is 16.8. The number of nitriles is 1. The number of methoxy groups -OCH3 is 2. The van der Waals surface area contributed by atoms with Crippen molar-refractivity contribution in [3.8, 4) is 6.07 Å². The maximum atomic E-state index is 13.1. The molecule has 0 saturated carbocycles. The number of nitro groups is 1. The number of esters is 2. The highest BCUT2D eigenvalue weighted by molar-refractivity contribution is 6.08. The molecule has 1 atom stereocenters. The monoisotopic (exact) mass is 476 g/mol. The molecule has 176 valence electrons. The molecule has 0 aliphatic carbocycles. The number of rotatable bonds is 5. The number of non-ortho nitro benzene ring substituents is 1. The second kappa shape index (κ2) is 8.94. The molecule has 13 heteroatoms. The van der Waals surface area contributed by atoms with E-state index in [1.807, 2.05) is 6.07 Å². The molecule has 0 amide bonds. The summed E-state index contributed by atoms with van der Waals surface area (Å²) in [6, 6.07) is 12.8. The third-order valence-corrected chi connectivity index (χ3v) is 5.42. The van der Waals surface area contributed by atoms with Gasteiger partial charge in [0, 0.05) is 6.07 Å². The lowest BCUT2D eigenvalue weighted by atomic mass is 9.81. The van der Waals surface area contributed by atoms with Gasteiger partial charge in [-0.25, -0.2) is 14.2 Å². The van der Waals surface area contributed by atoms with Crippen molar-refractivity contribution in [2.24, 2.45) is 5.73 Å². The normalized spacial score (nSPS) is 15.7. The number of hydrogen-bond acceptors (Lipinski definition) is 12. The molecule has 0 radical (unpaired) electrons. The first kappa shape index (κ1) is 22.9. The van der Waals surface area contributed by atoms with Crippen LogP contribution in [0, 0.1) is 21.4 Å². The van der Waals surface area contributed by atoms with Gasteiger partial charge < -0.3 is 15.2 Å². The molecule has 1 aromatic heterocycles. The fourth-order valence-electron chi connectivity index (χ4n) is 3.93. The predicted molar refractivity (Wildman–Crippen MR) is 118 cm³/mol. The van der Waals surface area contributed by atoms with Crippen LogP contribution < -0.4 is 10.6 Å². The Morgan fingerprint density at radius 2 is 1.77 bits per heavy atom. The Bertz CT molecular complexity index is 1470. The number of allylic oxidation sites excluding steroid dienone is 1. The molecule has 35 heavy (non-hydrogen) atoms. The van der Waals surface area contributed by atoms with E-state index in [4.69, 9.17) is 19.8 Å². The van der Waals surface area contributed by atoms with Gasteiger partial charge >= 0.3 is 17.6 Å². The summed E-state index contributed by atoms with van der Waals surface area (Å²) in [4.78, 5) is 37.9. The molecule has 0 spiro atoms. The van der Waals surface area contributed by atoms with E-state index in [1.54, 1.807) is 30.3 Å². The van der Waals surface area contributed by atoms with E-state index in [1.165, 1.54) is 6.07 Å². The van der Waals surface area contributed by atoms with Crippen molar-refractivity contribution < 1.29 is 28.6 Å². The Hall–Kier alpha value is -5.25. The quantitative estimate of drug-likeness (QED) is 0.321. The number of anilines is 1. The number of nitrogens with two attached hydrogens (primary N) is 1. The van der Waals surface area contributed by atoms with Gasteiger partial charge in [0.2, 0.25) is 5.52 Å². The van der Waals surface area contributed by atoms with Gasteiger partial charge in [0.05, 0.1) is 48.0 Å². The molecule has 2 heterocycles. The van der Waals surface area contributed by atoms with Crippen molar-refractivity contribution in [2.75, 3.05) is 19.1 Å². The third kappa shape index (κ3) is 3.59. The summed E-state index contributed by atoms with van der Waals surface area (Å²) in [7, 11) is 2.22. The predicted octanol–water partition coefficient (Wildman–Crippen LogP) is 2.03. The number of nitrogens with zero attached hydrogens (tertiary/aromatic N) is 5. The second-order valence-corrected chi connectivity index (χ2v) is 7.16. The fourth-order valence-corrected chi connectivity index (χ4v) is 3.93. The van der Waals surface area contributed by atoms with E-state index in [9.17, 15) is 25.0 Å². The van der Waals surface area contributed by atoms with Crippen molar-refractivity contribution in [1.29, 1.82) is 5.26 Å². The molecule has 1 aliphatic rings. The summed E-state index contributed by atoms with van der Waals surface area (Å²) in [5.74, 6) is -3.19. The van der Waals surface area contributed by atoms with Crippen LogP contribution in [-0.4, -0.2) is 41.4 Å². The summed E-state index contributed by atoms with van der Waals surface area (Å²) in [5.41, 5.74) is 5.46. The molecule has 0 bridgehead atoms. The number of aromatic nitrogens is 2. The minimum absolute atomic E-state index is 0.00888. The number of ether oxygens (including phenoxy) is 2. The van der Waals surface area contributed by atoms with E-state index in [0.717, 1.165) is 25.2 Å². The fraction of sp³-hybridized carbons (Fsp3) is 0.136. The van der Waals surface area contributed by atoms with Crippen molar-refractivity contribution in [3.05, 3.63) is 80.8 Å². The SMILES string of the molecule is COC(=O)C1=C(C(=O)OC)N(c2ccc([N+](=O)[O-])c3nonc23)C(N)=C(C#N)C1c1ccccc1. The van der Waals surface area contributed by atoms with Crippen LogP contribution in [0.1, 0.15) is 11.5 Å². The van der Waals surface area contributed by atoms with E-state index >= 15 is 0 Å². The van der Waals surface area contributed by atoms with E-state index in [2.05, 4.69) is 10.3 Å². The number of hydrogen-bond donors (Lipinski definition) is 1. The topological polar surface area (TPSA) is 188 Å². The second-order valence-electron chi connectivity index (χ2n) is 7.16. The first-order valence-electron chi connectivity index (χ1n) is 9.90. The van der Waals surface area contributed by atoms with Gasteiger partial charge in [-0.15, -0.1) is 0 Å². The Morgan fingerprint density at radius 3 is 2.37 bits per heavy atom. The smallest absolute Gasteiger partial charge is 0.355 e. The van der Waals surface area contributed by atoms with Crippen molar-refractivity contribution in [3.63, 3.8) is 0 Å². The minimum atomic E-state index is -1.07. The van der Waals surface area contributed by atoms with Gasteiger partial charge in [-0.2, -0.15) is 5.26 Å². The van der Waals surface area contributed by atoms with Crippen LogP contribution in [0.25, 0.3) is 11.0 Å². The lowest BCUT2D eigenvalue weighted by Gasteiger charge is -2.35. The third-order valence-electron chi connectivity index (χ3n) is 5.42. The Morgan fingerprint density at radius 1 is 1.11 bits per heavy atom. The molecule has 1 unspecified atom stereocenters. The summed E-state index contributed by atoms with van der Waals surface area (Å²) >= 11 is 0. The van der Waals surface area contributed by atoms with Gasteiger partial charge in [0.25, 0.3) is 0 Å². The lowest BCUT2D eigenvalue weighted by molar-refractivity contribution is -0.383. The van der Waals surface area contributed by atoms with Crippen LogP contribution in [0.15, 0.2) is 69.8 Å². The van der Waals surface area contributed by atoms with Crippen molar-refractivity contribution >= 4 is 34.3 Å². The van der Waals surface area contributed by atoms with E-state index < -0.39 is 28.5 Å². The average Bonchev–Trinajstić information content (AvgIpc) is 3.37. The van der Waals surface area contributed by atoms with Crippen LogP contribution in [-0.2, 0) is 19.1 Å². The van der Waals surface area contributed by atoms with Gasteiger partial charge in [-0.1, -0.05) is 30.3 Å². The standard InChI is InChI=1S/C22H16N6O7/c1-33-21(29)16-15(11-6-4-3-5-7-11)12(10-23)20(24)27(19(16)22(30)34-2)13-8-9-14(28(31)32)18-17(13)25-35-26-18/h3-9,15H,24H2,1-2H3. The largest absolute Gasteiger partial charge is 0.466 e. The summed E-state index contributed by atoms with van der Waals surface area (Å²) < 4.78 is 14.6. The number of benzene rings is 2. The van der Waals surface area contributed by atoms with Gasteiger partial charge in [0.1, 0.15) is 11.5 Å². The number of nitro benzene ring substituents is 1. The summed E-state index contributed by atoms with van der Waals surface area (Å²) in [5, 5.41) is 28.8. The Labute approximate surface area is 196 Å². The molecular weight excluding hydrogens is 460 g/mol. The first-order valence-corrected chi connectivity index (χ1v) is 9.90. The summed E-state index contributed by atoms with van der Waals surface area (Å²) in [6.45, 7) is 0. The summed E-state index contributed by atoms with van der Waals surface area (Å²) in [6.07, 6.45) is 0. The molecule has 1 aliphatic heterocycles. The molecule has 0 fully saturated rings. The van der Waals surface area contributed by atoms with Crippen LogP contribution >= 0.6 is 0 Å². The molecular formula is C22H16N6O7. The van der Waals surface area contributed by atoms with E-state index in [-0.39, 0.29) is 39.4 Å². The average molecular weight is 476 g/mol. The van der Waals surface area contributed by atoms with Gasteiger partial charge in [0.15, 0.2) is 5.52 Å². The zero-order valence-corrected chi connectivity index (χ0v) is 18.3.